The van der Waals surface area contributed by atoms with Crippen LogP contribution in [-0.2, 0) is 6.54 Å². The molecule has 0 bridgehead atoms. The first kappa shape index (κ1) is 13.4. The van der Waals surface area contributed by atoms with Crippen LogP contribution >= 0.6 is 0 Å². The normalized spacial score (nSPS) is 22.9. The summed E-state index contributed by atoms with van der Waals surface area (Å²) in [5, 5.41) is 8.00. The lowest BCUT2D eigenvalue weighted by molar-refractivity contribution is 0.404. The van der Waals surface area contributed by atoms with E-state index in [1.54, 1.807) is 0 Å². The molecule has 106 valence electrons. The summed E-state index contributed by atoms with van der Waals surface area (Å²) in [5.41, 5.74) is 4.18. The molecule has 1 aromatic carbocycles. The van der Waals surface area contributed by atoms with Crippen molar-refractivity contribution >= 4 is 0 Å². The van der Waals surface area contributed by atoms with Crippen LogP contribution in [0.15, 0.2) is 36.7 Å². The summed E-state index contributed by atoms with van der Waals surface area (Å²) in [6, 6.07) is 8.94. The minimum Gasteiger partial charge on any atom is -0.316 e. The molecule has 0 aliphatic carbocycles. The Morgan fingerprint density at radius 3 is 2.95 bits per heavy atom. The van der Waals surface area contributed by atoms with Crippen LogP contribution in [0.4, 0.5) is 0 Å². The number of nitrogens with one attached hydrogen (secondary N) is 1. The molecular formula is C17H23N3. The minimum absolute atomic E-state index is 0.554. The lowest BCUT2D eigenvalue weighted by Gasteiger charge is -2.32. The highest BCUT2D eigenvalue weighted by Gasteiger charge is 2.28. The molecule has 20 heavy (non-hydrogen) atoms. The van der Waals surface area contributed by atoms with Crippen molar-refractivity contribution in [1.29, 1.82) is 0 Å². The molecule has 2 unspecified atom stereocenters. The molecule has 0 saturated carbocycles. The third-order valence-electron chi connectivity index (χ3n) is 4.36. The number of hydrogen-bond donors (Lipinski definition) is 1. The summed E-state index contributed by atoms with van der Waals surface area (Å²) >= 11 is 0. The molecule has 2 atom stereocenters. The number of nitrogens with zero attached hydrogens (tertiary/aromatic N) is 2. The maximum Gasteiger partial charge on any atom is 0.0524 e. The van der Waals surface area contributed by atoms with Crippen molar-refractivity contribution in [3.8, 4) is 0 Å². The summed E-state index contributed by atoms with van der Waals surface area (Å²) in [6.07, 6.45) is 5.47. The van der Waals surface area contributed by atoms with Crippen LogP contribution in [-0.4, -0.2) is 22.9 Å². The molecule has 2 aromatic rings. The molecule has 1 aromatic heterocycles. The van der Waals surface area contributed by atoms with Gasteiger partial charge < -0.3 is 5.32 Å². The summed E-state index contributed by atoms with van der Waals surface area (Å²) in [5.74, 6) is 1.14. The molecular weight excluding hydrogens is 246 g/mol. The van der Waals surface area contributed by atoms with Crippen molar-refractivity contribution < 1.29 is 0 Å². The van der Waals surface area contributed by atoms with Gasteiger partial charge in [-0.15, -0.1) is 0 Å². The molecule has 3 rings (SSSR count). The fraction of sp³-hybridized carbons (Fsp3) is 0.471. The quantitative estimate of drug-likeness (QED) is 0.928. The smallest absolute Gasteiger partial charge is 0.0524 e. The van der Waals surface area contributed by atoms with Crippen molar-refractivity contribution in [2.24, 2.45) is 0 Å². The number of aromatic nitrogens is 2. The van der Waals surface area contributed by atoms with E-state index in [4.69, 9.17) is 0 Å². The van der Waals surface area contributed by atoms with Crippen molar-refractivity contribution in [3.05, 3.63) is 53.3 Å². The fourth-order valence-electron chi connectivity index (χ4n) is 3.25. The predicted molar refractivity (Wildman–Crippen MR) is 82.0 cm³/mol. The van der Waals surface area contributed by atoms with E-state index in [0.717, 1.165) is 19.6 Å². The number of rotatable bonds is 3. The highest BCUT2D eigenvalue weighted by Crippen LogP contribution is 2.37. The van der Waals surface area contributed by atoms with E-state index in [0.29, 0.717) is 11.8 Å². The van der Waals surface area contributed by atoms with Crippen LogP contribution in [0.5, 0.6) is 0 Å². The average Bonchev–Trinajstić information content (AvgIpc) is 2.96. The molecule has 1 aliphatic rings. The third-order valence-corrected chi connectivity index (χ3v) is 4.36. The van der Waals surface area contributed by atoms with Crippen LogP contribution in [0.2, 0.25) is 0 Å². The van der Waals surface area contributed by atoms with Gasteiger partial charge in [-0.1, -0.05) is 29.8 Å². The monoisotopic (exact) mass is 269 g/mol. The van der Waals surface area contributed by atoms with Gasteiger partial charge in [0.1, 0.15) is 0 Å². The van der Waals surface area contributed by atoms with Gasteiger partial charge in [-0.3, -0.25) is 4.68 Å². The van der Waals surface area contributed by atoms with Gasteiger partial charge in [-0.25, -0.2) is 0 Å². The SMILES string of the molecule is CCn1cc(C2CCNCC2c2cccc(C)c2)cn1. The van der Waals surface area contributed by atoms with E-state index >= 15 is 0 Å². The molecule has 1 saturated heterocycles. The molecule has 0 spiro atoms. The summed E-state index contributed by atoms with van der Waals surface area (Å²) < 4.78 is 2.03. The van der Waals surface area contributed by atoms with Gasteiger partial charge in [0.25, 0.3) is 0 Å². The summed E-state index contributed by atoms with van der Waals surface area (Å²) in [4.78, 5) is 0. The number of piperidine rings is 1. The maximum absolute atomic E-state index is 4.45. The first-order chi connectivity index (χ1) is 9.78. The first-order valence-electron chi connectivity index (χ1n) is 7.57. The predicted octanol–water partition coefficient (Wildman–Crippen LogP) is 3.07. The number of hydrogen-bond acceptors (Lipinski definition) is 2. The van der Waals surface area contributed by atoms with Gasteiger partial charge >= 0.3 is 0 Å². The van der Waals surface area contributed by atoms with Gasteiger partial charge in [0.15, 0.2) is 0 Å². The van der Waals surface area contributed by atoms with Crippen LogP contribution in [0.1, 0.15) is 41.9 Å². The topological polar surface area (TPSA) is 29.9 Å². The molecule has 3 nitrogen and oxygen atoms in total. The van der Waals surface area contributed by atoms with E-state index in [1.165, 1.54) is 23.1 Å². The van der Waals surface area contributed by atoms with E-state index in [-0.39, 0.29) is 0 Å². The molecule has 0 amide bonds. The van der Waals surface area contributed by atoms with E-state index in [2.05, 4.69) is 60.9 Å². The van der Waals surface area contributed by atoms with E-state index < -0.39 is 0 Å². The largest absolute Gasteiger partial charge is 0.316 e. The van der Waals surface area contributed by atoms with E-state index in [1.807, 2.05) is 4.68 Å². The van der Waals surface area contributed by atoms with Gasteiger partial charge in [-0.05, 0) is 43.9 Å². The van der Waals surface area contributed by atoms with Crippen LogP contribution in [0.25, 0.3) is 0 Å². The zero-order valence-corrected chi connectivity index (χ0v) is 12.3. The molecule has 2 heterocycles. The third kappa shape index (κ3) is 2.63. The van der Waals surface area contributed by atoms with Crippen LogP contribution in [0, 0.1) is 6.92 Å². The Morgan fingerprint density at radius 1 is 1.30 bits per heavy atom. The van der Waals surface area contributed by atoms with Gasteiger partial charge in [0, 0.05) is 25.2 Å². The molecule has 1 fully saturated rings. The minimum atomic E-state index is 0.554. The Kier molecular flexibility index (Phi) is 3.88. The summed E-state index contributed by atoms with van der Waals surface area (Å²) in [7, 11) is 0. The molecule has 1 N–H and O–H groups in total. The fourth-order valence-corrected chi connectivity index (χ4v) is 3.25. The van der Waals surface area contributed by atoms with Crippen molar-refractivity contribution in [3.63, 3.8) is 0 Å². The van der Waals surface area contributed by atoms with E-state index in [9.17, 15) is 0 Å². The lowest BCUT2D eigenvalue weighted by atomic mass is 9.78. The zero-order valence-electron chi connectivity index (χ0n) is 12.3. The molecule has 1 aliphatic heterocycles. The second-order valence-corrected chi connectivity index (χ2v) is 5.75. The van der Waals surface area contributed by atoms with Crippen LogP contribution in [0.3, 0.4) is 0 Å². The second kappa shape index (κ2) is 5.80. The summed E-state index contributed by atoms with van der Waals surface area (Å²) in [6.45, 7) is 7.41. The average molecular weight is 269 g/mol. The zero-order chi connectivity index (χ0) is 13.9. The highest BCUT2D eigenvalue weighted by atomic mass is 15.3. The second-order valence-electron chi connectivity index (χ2n) is 5.75. The first-order valence-corrected chi connectivity index (χ1v) is 7.57. The number of aryl methyl sites for hydroxylation is 2. The Labute approximate surface area is 121 Å². The highest BCUT2D eigenvalue weighted by molar-refractivity contribution is 5.30. The maximum atomic E-state index is 4.45. The Balaban J connectivity index is 1.90. The lowest BCUT2D eigenvalue weighted by Crippen LogP contribution is -2.33. The molecule has 0 radical (unpaired) electrons. The van der Waals surface area contributed by atoms with Crippen molar-refractivity contribution in [2.75, 3.05) is 13.1 Å². The standard InChI is InChI=1S/C17H23N3/c1-3-20-12-15(10-19-20)16-7-8-18-11-17(16)14-6-4-5-13(2)9-14/h4-6,9-10,12,16-18H,3,7-8,11H2,1-2H3. The molecule has 3 heteroatoms. The van der Waals surface area contributed by atoms with Crippen molar-refractivity contribution in [1.82, 2.24) is 15.1 Å². The van der Waals surface area contributed by atoms with Gasteiger partial charge in [0.05, 0.1) is 6.20 Å². The number of benzene rings is 1. The van der Waals surface area contributed by atoms with Gasteiger partial charge in [-0.2, -0.15) is 5.10 Å². The Bertz CT molecular complexity index is 573. The Hall–Kier alpha value is -1.61. The van der Waals surface area contributed by atoms with Crippen LogP contribution < -0.4 is 5.32 Å². The van der Waals surface area contributed by atoms with Crippen molar-refractivity contribution in [2.45, 2.75) is 38.6 Å². The van der Waals surface area contributed by atoms with Gasteiger partial charge in [0.2, 0.25) is 0 Å². The Morgan fingerprint density at radius 2 is 2.20 bits per heavy atom.